The zero-order chi connectivity index (χ0) is 5.86. The van der Waals surface area contributed by atoms with Crippen LogP contribution in [0.5, 0.6) is 0 Å². The van der Waals surface area contributed by atoms with Gasteiger partial charge in [-0.3, -0.25) is 0 Å². The first kappa shape index (κ1) is 9.92. The van der Waals surface area contributed by atoms with Gasteiger partial charge in [-0.15, -0.1) is 0 Å². The van der Waals surface area contributed by atoms with E-state index in [4.69, 9.17) is 0 Å². The SMILES string of the molecule is ICC(I)C(I)I. The van der Waals surface area contributed by atoms with Gasteiger partial charge in [0.15, 0.2) is 0 Å². The normalized spacial score (nSPS) is 15.0. The molecule has 0 heterocycles. The van der Waals surface area contributed by atoms with Crippen molar-refractivity contribution in [2.75, 3.05) is 4.43 Å². The van der Waals surface area contributed by atoms with Crippen molar-refractivity contribution in [3.8, 4) is 0 Å². The van der Waals surface area contributed by atoms with Crippen molar-refractivity contribution in [3.63, 3.8) is 0 Å². The monoisotopic (exact) mass is 548 g/mol. The molecule has 0 nitrogen and oxygen atoms in total. The Morgan fingerprint density at radius 1 is 1.14 bits per heavy atom. The predicted molar refractivity (Wildman–Crippen MR) is 68.5 cm³/mol. The lowest BCUT2D eigenvalue weighted by Gasteiger charge is -2.03. The van der Waals surface area contributed by atoms with E-state index in [1.807, 2.05) is 0 Å². The number of halogens is 4. The molecular weight excluding hydrogens is 544 g/mol. The topological polar surface area (TPSA) is 0 Å². The van der Waals surface area contributed by atoms with Crippen LogP contribution in [0.25, 0.3) is 0 Å². The molecule has 0 amide bonds. The van der Waals surface area contributed by atoms with Crippen molar-refractivity contribution >= 4 is 90.4 Å². The van der Waals surface area contributed by atoms with Gasteiger partial charge >= 0.3 is 0 Å². The van der Waals surface area contributed by atoms with Gasteiger partial charge in [0.25, 0.3) is 0 Å². The van der Waals surface area contributed by atoms with Crippen LogP contribution in [0.2, 0.25) is 0 Å². The third kappa shape index (κ3) is 5.37. The molecule has 1 atom stereocenters. The van der Waals surface area contributed by atoms with Gasteiger partial charge in [-0.05, 0) is 0 Å². The van der Waals surface area contributed by atoms with Gasteiger partial charge in [-0.25, -0.2) is 0 Å². The second kappa shape index (κ2) is 5.69. The molecule has 0 spiro atoms. The molecule has 4 heteroatoms. The van der Waals surface area contributed by atoms with Crippen LogP contribution in [0.1, 0.15) is 0 Å². The first-order valence-electron chi connectivity index (χ1n) is 1.66. The number of hydrogen-bond donors (Lipinski definition) is 0. The molecular formula is C3H4I4. The zero-order valence-electron chi connectivity index (χ0n) is 3.37. The minimum atomic E-state index is 0.785. The van der Waals surface area contributed by atoms with E-state index in [2.05, 4.69) is 90.4 Å². The van der Waals surface area contributed by atoms with E-state index < -0.39 is 0 Å². The summed E-state index contributed by atoms with van der Waals surface area (Å²) in [6.45, 7) is 0. The predicted octanol–water partition coefficient (Wildman–Crippen LogP) is 3.42. The fourth-order valence-corrected chi connectivity index (χ4v) is 3.03. The lowest BCUT2D eigenvalue weighted by atomic mass is 10.6. The van der Waals surface area contributed by atoms with E-state index in [9.17, 15) is 0 Å². The van der Waals surface area contributed by atoms with Crippen molar-refractivity contribution in [3.05, 3.63) is 0 Å². The number of hydrogen-bond acceptors (Lipinski definition) is 0. The molecule has 0 aromatic carbocycles. The van der Waals surface area contributed by atoms with Crippen LogP contribution in [0, 0.1) is 0 Å². The largest absolute Gasteiger partial charge is 0.0852 e. The third-order valence-corrected chi connectivity index (χ3v) is 8.70. The molecule has 0 radical (unpaired) electrons. The molecule has 0 aliphatic heterocycles. The second-order valence-electron chi connectivity index (χ2n) is 1.00. The van der Waals surface area contributed by atoms with Crippen molar-refractivity contribution in [2.24, 2.45) is 0 Å². The molecule has 0 aromatic rings. The molecule has 0 saturated carbocycles. The third-order valence-electron chi connectivity index (χ3n) is 0.421. The van der Waals surface area contributed by atoms with Crippen molar-refractivity contribution in [1.82, 2.24) is 0 Å². The van der Waals surface area contributed by atoms with Gasteiger partial charge in [0.1, 0.15) is 0 Å². The molecule has 0 rings (SSSR count). The zero-order valence-corrected chi connectivity index (χ0v) is 12.0. The Kier molecular flexibility index (Phi) is 8.06. The van der Waals surface area contributed by atoms with Gasteiger partial charge in [-0.2, -0.15) is 0 Å². The van der Waals surface area contributed by atoms with Crippen molar-refractivity contribution in [1.29, 1.82) is 0 Å². The maximum atomic E-state index is 2.47. The summed E-state index contributed by atoms with van der Waals surface area (Å²) in [6, 6.07) is 0. The van der Waals surface area contributed by atoms with Gasteiger partial charge in [0.05, 0.1) is 1.93 Å². The first-order chi connectivity index (χ1) is 3.18. The highest BCUT2D eigenvalue weighted by Crippen LogP contribution is 2.22. The Bertz CT molecular complexity index is 44.2. The minimum Gasteiger partial charge on any atom is -0.0852 e. The molecule has 0 aliphatic rings. The van der Waals surface area contributed by atoms with E-state index >= 15 is 0 Å². The lowest BCUT2D eigenvalue weighted by Crippen LogP contribution is -2.06. The summed E-state index contributed by atoms with van der Waals surface area (Å²) in [4.78, 5) is 0. The number of rotatable bonds is 2. The van der Waals surface area contributed by atoms with E-state index in [1.54, 1.807) is 0 Å². The smallest absolute Gasteiger partial charge is 0.0751 e. The summed E-state index contributed by atoms with van der Waals surface area (Å²) in [7, 11) is 0. The summed E-state index contributed by atoms with van der Waals surface area (Å²) in [5, 5.41) is 0. The molecule has 7 heavy (non-hydrogen) atoms. The van der Waals surface area contributed by atoms with Gasteiger partial charge in [0, 0.05) is 8.35 Å². The first-order valence-corrected chi connectivity index (χ1v) is 6.93. The summed E-state index contributed by atoms with van der Waals surface area (Å²) < 4.78 is 2.88. The van der Waals surface area contributed by atoms with Gasteiger partial charge in [0.2, 0.25) is 0 Å². The van der Waals surface area contributed by atoms with Gasteiger partial charge in [-0.1, -0.05) is 90.4 Å². The molecule has 0 aliphatic carbocycles. The fourth-order valence-electron chi connectivity index (χ4n) is 0.0673. The minimum absolute atomic E-state index is 0.785. The van der Waals surface area contributed by atoms with E-state index in [-0.39, 0.29) is 0 Å². The maximum absolute atomic E-state index is 2.47. The van der Waals surface area contributed by atoms with E-state index in [1.165, 1.54) is 4.43 Å². The van der Waals surface area contributed by atoms with Crippen LogP contribution >= 0.6 is 90.4 Å². The van der Waals surface area contributed by atoms with E-state index in [0.717, 1.165) is 5.86 Å². The molecule has 1 unspecified atom stereocenters. The molecule has 0 fully saturated rings. The van der Waals surface area contributed by atoms with Crippen LogP contribution < -0.4 is 0 Å². The summed E-state index contributed by atoms with van der Waals surface area (Å²) in [6.07, 6.45) is 0. The Hall–Kier alpha value is 2.92. The van der Waals surface area contributed by atoms with Crippen LogP contribution in [0.4, 0.5) is 0 Å². The Morgan fingerprint density at radius 2 is 1.57 bits per heavy atom. The Balaban J connectivity index is 3.14. The lowest BCUT2D eigenvalue weighted by molar-refractivity contribution is 1.22. The van der Waals surface area contributed by atoms with Crippen LogP contribution in [-0.4, -0.2) is 10.3 Å². The van der Waals surface area contributed by atoms with Crippen molar-refractivity contribution in [2.45, 2.75) is 5.86 Å². The molecule has 0 saturated heterocycles. The highest BCUT2D eigenvalue weighted by Gasteiger charge is 2.08. The highest BCUT2D eigenvalue weighted by molar-refractivity contribution is 14.2. The Labute approximate surface area is 98.5 Å². The molecule has 44 valence electrons. The quantitative estimate of drug-likeness (QED) is 0.367. The molecule has 0 aromatic heterocycles. The van der Waals surface area contributed by atoms with Crippen LogP contribution in [0.15, 0.2) is 0 Å². The number of alkyl halides is 4. The molecule has 0 bridgehead atoms. The molecule has 0 N–H and O–H groups in total. The standard InChI is InChI=1S/C3H4I4/c4-1-2(5)3(6)7/h2-3H,1H2. The second-order valence-corrected chi connectivity index (χ2v) is 8.55. The van der Waals surface area contributed by atoms with Crippen LogP contribution in [-0.2, 0) is 0 Å². The summed E-state index contributed by atoms with van der Waals surface area (Å²) in [5.41, 5.74) is 0. The van der Waals surface area contributed by atoms with E-state index in [0.29, 0.717) is 0 Å². The van der Waals surface area contributed by atoms with Gasteiger partial charge < -0.3 is 0 Å². The van der Waals surface area contributed by atoms with Crippen molar-refractivity contribution < 1.29 is 0 Å². The fraction of sp³-hybridized carbons (Fsp3) is 1.00. The maximum Gasteiger partial charge on any atom is 0.0751 e. The summed E-state index contributed by atoms with van der Waals surface area (Å²) >= 11 is 9.77. The highest BCUT2D eigenvalue weighted by atomic mass is 127. The average Bonchev–Trinajstić information content (AvgIpc) is 1.65. The summed E-state index contributed by atoms with van der Waals surface area (Å²) in [5.74, 6) is 0. The average molecular weight is 548 g/mol. The Morgan fingerprint density at radius 3 is 1.57 bits per heavy atom. The van der Waals surface area contributed by atoms with Crippen LogP contribution in [0.3, 0.4) is 0 Å².